The molecule has 1 aliphatic carbocycles. The molecule has 1 aliphatic rings. The van der Waals surface area contributed by atoms with E-state index in [0.717, 1.165) is 24.3 Å². The summed E-state index contributed by atoms with van der Waals surface area (Å²) in [6.45, 7) is 7.25. The number of fused-ring (bicyclic) bond motifs is 3. The molecule has 5 rings (SSSR count). The summed E-state index contributed by atoms with van der Waals surface area (Å²) >= 11 is 0. The highest BCUT2D eigenvalue weighted by Gasteiger charge is 2.35. The number of halogens is 6. The van der Waals surface area contributed by atoms with Crippen LogP contribution in [0.4, 0.5) is 26.3 Å². The van der Waals surface area contributed by atoms with Gasteiger partial charge in [-0.15, -0.1) is 4.95 Å². The number of hydrogen-bond acceptors (Lipinski definition) is 5. The summed E-state index contributed by atoms with van der Waals surface area (Å²) in [6, 6.07) is 15.0. The van der Waals surface area contributed by atoms with Crippen molar-refractivity contribution in [1.29, 1.82) is 10.5 Å². The molecule has 3 aromatic carbocycles. The molecule has 4 aromatic rings. The molecule has 1 heterocycles. The van der Waals surface area contributed by atoms with Gasteiger partial charge in [-0.25, -0.2) is 9.97 Å². The Bertz CT molecular complexity index is 1830. The Hall–Kier alpha value is -5.54. The molecule has 0 saturated heterocycles. The lowest BCUT2D eigenvalue weighted by Gasteiger charge is -2.15. The lowest BCUT2D eigenvalue weighted by atomic mass is 9.89. The van der Waals surface area contributed by atoms with Crippen molar-refractivity contribution in [3.05, 3.63) is 106 Å². The van der Waals surface area contributed by atoms with Gasteiger partial charge in [0.1, 0.15) is 23.5 Å². The van der Waals surface area contributed by atoms with Gasteiger partial charge in [-0.3, -0.25) is 0 Å². The summed E-state index contributed by atoms with van der Waals surface area (Å²) in [6.07, 6.45) is -9.17. The second-order valence-electron chi connectivity index (χ2n) is 8.48. The van der Waals surface area contributed by atoms with Gasteiger partial charge in [0, 0.05) is 11.1 Å². The zero-order valence-corrected chi connectivity index (χ0v) is 19.7. The van der Waals surface area contributed by atoms with E-state index in [1.165, 1.54) is 36.4 Å². The van der Waals surface area contributed by atoms with E-state index in [4.69, 9.17) is 6.57 Å². The second kappa shape index (κ2) is 9.33. The zero-order chi connectivity index (χ0) is 28.8. The van der Waals surface area contributed by atoms with Crippen LogP contribution in [0.15, 0.2) is 65.8 Å². The Labute approximate surface area is 221 Å². The van der Waals surface area contributed by atoms with E-state index in [1.807, 2.05) is 0 Å². The van der Waals surface area contributed by atoms with Gasteiger partial charge in [-0.1, -0.05) is 24.3 Å². The Morgan fingerprint density at radius 1 is 0.650 bits per heavy atom. The number of rotatable bonds is 2. The number of aromatic nitrogens is 2. The average molecular weight is 544 g/mol. The molecule has 1 aromatic heterocycles. The predicted molar refractivity (Wildman–Crippen MR) is 130 cm³/mol. The van der Waals surface area contributed by atoms with Crippen LogP contribution in [0.2, 0.25) is 0 Å². The minimum atomic E-state index is -4.59. The van der Waals surface area contributed by atoms with Crippen LogP contribution >= 0.6 is 0 Å². The molecule has 0 saturated carbocycles. The summed E-state index contributed by atoms with van der Waals surface area (Å²) in [5.74, 6) is 0. The van der Waals surface area contributed by atoms with Crippen molar-refractivity contribution < 1.29 is 26.3 Å². The molecule has 194 valence electrons. The number of benzene rings is 3. The van der Waals surface area contributed by atoms with Crippen LogP contribution in [0.1, 0.15) is 33.8 Å². The van der Waals surface area contributed by atoms with Crippen LogP contribution in [-0.4, -0.2) is 15.7 Å². The normalized spacial score (nSPS) is 13.2. The third-order valence-corrected chi connectivity index (χ3v) is 6.20. The molecule has 0 amide bonds. The first-order valence-corrected chi connectivity index (χ1v) is 11.2. The van der Waals surface area contributed by atoms with E-state index in [0.29, 0.717) is 33.4 Å². The maximum Gasteiger partial charge on any atom is 0.416 e. The Balaban J connectivity index is 1.80. The van der Waals surface area contributed by atoms with Gasteiger partial charge in [-0.05, 0) is 58.7 Å². The summed E-state index contributed by atoms with van der Waals surface area (Å²) in [7, 11) is 0. The summed E-state index contributed by atoms with van der Waals surface area (Å²) < 4.78 is 79.2. The average Bonchev–Trinajstić information content (AvgIpc) is 3.22. The fourth-order valence-corrected chi connectivity index (χ4v) is 4.37. The highest BCUT2D eigenvalue weighted by Crippen LogP contribution is 2.44. The Morgan fingerprint density at radius 3 is 1.48 bits per heavy atom. The van der Waals surface area contributed by atoms with Crippen molar-refractivity contribution in [2.75, 3.05) is 0 Å². The summed E-state index contributed by atoms with van der Waals surface area (Å²) in [4.78, 5) is 11.5. The van der Waals surface area contributed by atoms with Gasteiger partial charge in [0.05, 0.1) is 16.2 Å². The molecular formula is C28H10F6N6. The van der Waals surface area contributed by atoms with E-state index in [1.54, 1.807) is 12.1 Å². The standard InChI is InChI=1S/C28H10F6N6/c1-37-40-25-21-11-19(15-4-8-17(9-5-15)28(32,33)34)18(14-2-6-16(7-3-14)27(29,30)31)10-20(21)24-26(25)39-23(13-36)22(12-35)38-24/h2-11H/b40-25-. The quantitative estimate of drug-likeness (QED) is 0.133. The van der Waals surface area contributed by atoms with Crippen LogP contribution in [0.25, 0.3) is 38.5 Å². The van der Waals surface area contributed by atoms with Crippen LogP contribution in [0.3, 0.4) is 0 Å². The molecule has 0 fully saturated rings. The molecule has 0 radical (unpaired) electrons. The first-order chi connectivity index (χ1) is 19.0. The van der Waals surface area contributed by atoms with Gasteiger partial charge in [0.2, 0.25) is 0 Å². The van der Waals surface area contributed by atoms with Crippen molar-refractivity contribution in [3.63, 3.8) is 0 Å². The number of hydrogen-bond donors (Lipinski definition) is 0. The third-order valence-electron chi connectivity index (χ3n) is 6.20. The molecule has 6 nitrogen and oxygen atoms in total. The van der Waals surface area contributed by atoms with E-state index >= 15 is 0 Å². The number of alkyl halides is 6. The monoisotopic (exact) mass is 544 g/mol. The molecule has 0 atom stereocenters. The fourth-order valence-electron chi connectivity index (χ4n) is 4.37. The van der Waals surface area contributed by atoms with Crippen molar-refractivity contribution in [3.8, 4) is 45.6 Å². The zero-order valence-electron chi connectivity index (χ0n) is 19.7. The lowest BCUT2D eigenvalue weighted by molar-refractivity contribution is -0.138. The van der Waals surface area contributed by atoms with Crippen molar-refractivity contribution in [1.82, 2.24) is 9.97 Å². The Morgan fingerprint density at radius 2 is 1.07 bits per heavy atom. The number of nitrogens with zero attached hydrogens (tertiary/aromatic N) is 6. The minimum Gasteiger partial charge on any atom is -0.232 e. The van der Waals surface area contributed by atoms with E-state index in [-0.39, 0.29) is 28.5 Å². The topological polar surface area (TPSA) is 90.1 Å². The smallest absolute Gasteiger partial charge is 0.232 e. The van der Waals surface area contributed by atoms with Gasteiger partial charge in [0.25, 0.3) is 0 Å². The van der Waals surface area contributed by atoms with E-state index in [2.05, 4.69) is 20.0 Å². The SMILES string of the molecule is [C-]#[N+]/N=C1/c2cc(-c3ccc(C(F)(F)F)cc3)c(-c3ccc(C(F)(F)F)cc3)cc2-c2nc(C#N)c(C#N)nc21. The second-order valence-corrected chi connectivity index (χ2v) is 8.48. The van der Waals surface area contributed by atoms with Crippen LogP contribution < -0.4 is 0 Å². The molecule has 12 heteroatoms. The first-order valence-electron chi connectivity index (χ1n) is 11.2. The van der Waals surface area contributed by atoms with Gasteiger partial charge in [0.15, 0.2) is 17.1 Å². The summed E-state index contributed by atoms with van der Waals surface area (Å²) in [5, 5.41) is 22.6. The Kier molecular flexibility index (Phi) is 6.09. The number of nitriles is 2. The van der Waals surface area contributed by atoms with E-state index < -0.39 is 23.5 Å². The maximum absolute atomic E-state index is 13.2. The van der Waals surface area contributed by atoms with Crippen LogP contribution in [0, 0.1) is 29.2 Å². The highest BCUT2D eigenvalue weighted by atomic mass is 19.4. The van der Waals surface area contributed by atoms with Crippen molar-refractivity contribution >= 4 is 5.71 Å². The minimum absolute atomic E-state index is 0.0284. The molecule has 0 aliphatic heterocycles. The maximum atomic E-state index is 13.2. The first kappa shape index (κ1) is 26.1. The highest BCUT2D eigenvalue weighted by molar-refractivity contribution is 6.24. The molecular weight excluding hydrogens is 534 g/mol. The molecule has 0 bridgehead atoms. The van der Waals surface area contributed by atoms with Crippen LogP contribution in [0.5, 0.6) is 0 Å². The van der Waals surface area contributed by atoms with Gasteiger partial charge >= 0.3 is 12.4 Å². The lowest BCUT2D eigenvalue weighted by Crippen LogP contribution is -2.05. The summed E-state index contributed by atoms with van der Waals surface area (Å²) in [5.41, 5.74) is -0.235. The van der Waals surface area contributed by atoms with Gasteiger partial charge < -0.3 is 0 Å². The van der Waals surface area contributed by atoms with Crippen molar-refractivity contribution in [2.45, 2.75) is 12.4 Å². The molecule has 0 N–H and O–H groups in total. The molecule has 0 spiro atoms. The molecule has 40 heavy (non-hydrogen) atoms. The van der Waals surface area contributed by atoms with Crippen LogP contribution in [-0.2, 0) is 12.4 Å². The van der Waals surface area contributed by atoms with Gasteiger partial charge in [-0.2, -0.15) is 43.4 Å². The largest absolute Gasteiger partial charge is 0.416 e. The fraction of sp³-hybridized carbons (Fsp3) is 0.0714. The van der Waals surface area contributed by atoms with Crippen molar-refractivity contribution in [2.24, 2.45) is 5.10 Å². The molecule has 0 unspecified atom stereocenters. The predicted octanol–water partition coefficient (Wildman–Crippen LogP) is 7.24. The third kappa shape index (κ3) is 4.40. The van der Waals surface area contributed by atoms with E-state index in [9.17, 15) is 36.9 Å².